The van der Waals surface area contributed by atoms with Gasteiger partial charge in [-0.3, -0.25) is 9.67 Å². The van der Waals surface area contributed by atoms with E-state index < -0.39 is 0 Å². The maximum Gasteiger partial charge on any atom is 0.193 e. The molecule has 2 heterocycles. The summed E-state index contributed by atoms with van der Waals surface area (Å²) in [5.74, 6) is 1.70. The number of aromatic nitrogens is 2. The summed E-state index contributed by atoms with van der Waals surface area (Å²) < 4.78 is 1.89. The number of rotatable bonds is 7. The van der Waals surface area contributed by atoms with Gasteiger partial charge in [-0.05, 0) is 42.7 Å². The van der Waals surface area contributed by atoms with Crippen LogP contribution >= 0.6 is 0 Å². The Kier molecular flexibility index (Phi) is 6.76. The summed E-state index contributed by atoms with van der Waals surface area (Å²) in [6, 6.07) is 10.9. The van der Waals surface area contributed by atoms with Gasteiger partial charge in [-0.25, -0.2) is 0 Å². The second-order valence-electron chi connectivity index (χ2n) is 8.08. The van der Waals surface area contributed by atoms with Gasteiger partial charge in [0.05, 0.1) is 6.20 Å². The predicted octanol–water partition coefficient (Wildman–Crippen LogP) is 3.62. The van der Waals surface area contributed by atoms with E-state index in [2.05, 4.69) is 70.7 Å². The summed E-state index contributed by atoms with van der Waals surface area (Å²) in [7, 11) is 3.88. The molecular formula is C23H35N5. The zero-order valence-electron chi connectivity index (χ0n) is 17.9. The molecule has 1 fully saturated rings. The fourth-order valence-corrected chi connectivity index (χ4v) is 4.48. The number of guanidine groups is 1. The minimum Gasteiger partial charge on any atom is -0.355 e. The first-order valence-corrected chi connectivity index (χ1v) is 10.6. The van der Waals surface area contributed by atoms with Crippen LogP contribution in [0.3, 0.4) is 0 Å². The highest BCUT2D eigenvalue weighted by atomic mass is 15.3. The van der Waals surface area contributed by atoms with Crippen LogP contribution in [0.25, 0.3) is 0 Å². The lowest BCUT2D eigenvalue weighted by Gasteiger charge is -2.34. The van der Waals surface area contributed by atoms with Gasteiger partial charge in [0.15, 0.2) is 5.96 Å². The van der Waals surface area contributed by atoms with Gasteiger partial charge in [0.25, 0.3) is 0 Å². The molecule has 2 aromatic rings. The molecule has 0 spiro atoms. The van der Waals surface area contributed by atoms with Crippen molar-refractivity contribution in [2.24, 2.45) is 18.0 Å². The van der Waals surface area contributed by atoms with Crippen molar-refractivity contribution in [3.05, 3.63) is 53.9 Å². The summed E-state index contributed by atoms with van der Waals surface area (Å²) in [4.78, 5) is 7.01. The number of hydrogen-bond acceptors (Lipinski definition) is 2. The van der Waals surface area contributed by atoms with Crippen molar-refractivity contribution in [2.75, 3.05) is 26.7 Å². The molecule has 1 aliphatic heterocycles. The fraction of sp³-hybridized carbons (Fsp3) is 0.565. The third-order valence-corrected chi connectivity index (χ3v) is 6.40. The summed E-state index contributed by atoms with van der Waals surface area (Å²) in [6.07, 6.45) is 8.65. The minimum absolute atomic E-state index is 0.145. The molecule has 1 saturated heterocycles. The third-order valence-electron chi connectivity index (χ3n) is 6.40. The Morgan fingerprint density at radius 1 is 1.25 bits per heavy atom. The van der Waals surface area contributed by atoms with E-state index in [1.807, 2.05) is 25.0 Å². The monoisotopic (exact) mass is 381 g/mol. The third kappa shape index (κ3) is 4.57. The molecule has 3 rings (SSSR count). The number of likely N-dealkylation sites (tertiary alicyclic amines) is 1. The first-order chi connectivity index (χ1) is 13.6. The molecule has 0 aliphatic carbocycles. The second kappa shape index (κ2) is 9.26. The number of aryl methyl sites for hydroxylation is 1. The van der Waals surface area contributed by atoms with Crippen LogP contribution in [0, 0.1) is 5.92 Å². The standard InChI is InChI=1S/C23H35N5/c1-5-23(6-2,21-10-8-7-9-11-21)18-25-22(24-3)28-13-12-19(17-28)14-20-15-26-27(4)16-20/h7-11,15-16,19H,5-6,12-14,17-18H2,1-4H3,(H,24,25). The van der Waals surface area contributed by atoms with Crippen LogP contribution in [0.15, 0.2) is 47.7 Å². The lowest BCUT2D eigenvalue weighted by atomic mass is 9.76. The van der Waals surface area contributed by atoms with Crippen LogP contribution in [-0.2, 0) is 18.9 Å². The molecule has 5 nitrogen and oxygen atoms in total. The zero-order chi connectivity index (χ0) is 20.0. The van der Waals surface area contributed by atoms with Gasteiger partial charge in [-0.2, -0.15) is 5.10 Å². The molecule has 1 aromatic carbocycles. The van der Waals surface area contributed by atoms with Crippen molar-refractivity contribution in [1.29, 1.82) is 0 Å². The van der Waals surface area contributed by atoms with Gasteiger partial charge < -0.3 is 10.2 Å². The van der Waals surface area contributed by atoms with Crippen LogP contribution in [0.4, 0.5) is 0 Å². The van der Waals surface area contributed by atoms with E-state index in [1.54, 1.807) is 0 Å². The minimum atomic E-state index is 0.145. The Morgan fingerprint density at radius 3 is 2.61 bits per heavy atom. The van der Waals surface area contributed by atoms with E-state index >= 15 is 0 Å². The normalized spacial score (nSPS) is 17.9. The van der Waals surface area contributed by atoms with Crippen molar-refractivity contribution in [3.8, 4) is 0 Å². The molecule has 1 aliphatic rings. The molecule has 152 valence electrons. The number of hydrogen-bond donors (Lipinski definition) is 1. The van der Waals surface area contributed by atoms with Gasteiger partial charge in [0.2, 0.25) is 0 Å². The van der Waals surface area contributed by atoms with Gasteiger partial charge >= 0.3 is 0 Å². The molecule has 1 N–H and O–H groups in total. The van der Waals surface area contributed by atoms with Crippen LogP contribution in [0.5, 0.6) is 0 Å². The van der Waals surface area contributed by atoms with Crippen molar-refractivity contribution in [2.45, 2.75) is 44.9 Å². The predicted molar refractivity (Wildman–Crippen MR) is 117 cm³/mol. The lowest BCUT2D eigenvalue weighted by molar-refractivity contribution is 0.377. The highest BCUT2D eigenvalue weighted by molar-refractivity contribution is 5.80. The van der Waals surface area contributed by atoms with E-state index in [9.17, 15) is 0 Å². The summed E-state index contributed by atoms with van der Waals surface area (Å²) in [6.45, 7) is 7.63. The Balaban J connectivity index is 1.61. The van der Waals surface area contributed by atoms with Gasteiger partial charge in [0, 0.05) is 45.3 Å². The molecular weight excluding hydrogens is 346 g/mol. The second-order valence-corrected chi connectivity index (χ2v) is 8.08. The van der Waals surface area contributed by atoms with Crippen LogP contribution in [-0.4, -0.2) is 47.3 Å². The highest BCUT2D eigenvalue weighted by Crippen LogP contribution is 2.31. The van der Waals surface area contributed by atoms with Crippen LogP contribution in [0.1, 0.15) is 44.2 Å². The van der Waals surface area contributed by atoms with E-state index in [0.717, 1.165) is 44.9 Å². The van der Waals surface area contributed by atoms with Gasteiger partial charge in [0.1, 0.15) is 0 Å². The SMILES string of the molecule is CCC(CC)(CNC(=NC)N1CCC(Cc2cnn(C)c2)C1)c1ccccc1. The maximum absolute atomic E-state index is 4.60. The van der Waals surface area contributed by atoms with Crippen molar-refractivity contribution in [3.63, 3.8) is 0 Å². The lowest BCUT2D eigenvalue weighted by Crippen LogP contribution is -2.46. The molecule has 1 unspecified atom stereocenters. The first kappa shape index (κ1) is 20.4. The topological polar surface area (TPSA) is 45.5 Å². The summed E-state index contributed by atoms with van der Waals surface area (Å²) in [5.41, 5.74) is 2.89. The van der Waals surface area contributed by atoms with Crippen molar-refractivity contribution >= 4 is 5.96 Å². The van der Waals surface area contributed by atoms with Crippen molar-refractivity contribution < 1.29 is 0 Å². The number of nitrogens with one attached hydrogen (secondary N) is 1. The van der Waals surface area contributed by atoms with E-state index in [0.29, 0.717) is 5.92 Å². The summed E-state index contributed by atoms with van der Waals surface area (Å²) in [5, 5.41) is 8.00. The van der Waals surface area contributed by atoms with Crippen LogP contribution < -0.4 is 5.32 Å². The largest absolute Gasteiger partial charge is 0.355 e. The average Bonchev–Trinajstić information content (AvgIpc) is 3.36. The van der Waals surface area contributed by atoms with E-state index in [4.69, 9.17) is 0 Å². The van der Waals surface area contributed by atoms with Crippen LogP contribution in [0.2, 0.25) is 0 Å². The maximum atomic E-state index is 4.60. The molecule has 0 bridgehead atoms. The Bertz CT molecular complexity index is 760. The quantitative estimate of drug-likeness (QED) is 0.589. The Morgan fingerprint density at radius 2 is 2.00 bits per heavy atom. The fourth-order valence-electron chi connectivity index (χ4n) is 4.48. The first-order valence-electron chi connectivity index (χ1n) is 10.6. The number of aliphatic imine (C=N–C) groups is 1. The van der Waals surface area contributed by atoms with E-state index in [1.165, 1.54) is 17.5 Å². The molecule has 0 radical (unpaired) electrons. The zero-order valence-corrected chi connectivity index (χ0v) is 17.9. The molecule has 0 amide bonds. The smallest absolute Gasteiger partial charge is 0.193 e. The molecule has 0 saturated carbocycles. The van der Waals surface area contributed by atoms with E-state index in [-0.39, 0.29) is 5.41 Å². The Labute approximate surface area is 169 Å². The molecule has 28 heavy (non-hydrogen) atoms. The number of nitrogens with zero attached hydrogens (tertiary/aromatic N) is 4. The molecule has 1 aromatic heterocycles. The highest BCUT2D eigenvalue weighted by Gasteiger charge is 2.30. The molecule has 1 atom stereocenters. The Hall–Kier alpha value is -2.30. The summed E-state index contributed by atoms with van der Waals surface area (Å²) >= 11 is 0. The van der Waals surface area contributed by atoms with Gasteiger partial charge in [-0.1, -0.05) is 44.2 Å². The van der Waals surface area contributed by atoms with Crippen molar-refractivity contribution in [1.82, 2.24) is 20.0 Å². The van der Waals surface area contributed by atoms with Gasteiger partial charge in [-0.15, -0.1) is 0 Å². The average molecular weight is 382 g/mol. The molecule has 5 heteroatoms. The number of benzene rings is 1.